The standard InChI is InChI=1S/C18H24N4O3S/c1-13-20-15(12-26-13)11-25-17-9-21(8-16-2-5-19-22(16)10-17)18(23)14-3-6-24-7-4-14/h2,5,12,14,17H,3-4,6-11H2,1H3/t17-/m0/s1. The summed E-state index contributed by atoms with van der Waals surface area (Å²) >= 11 is 1.62. The molecule has 7 nitrogen and oxygen atoms in total. The van der Waals surface area contributed by atoms with Gasteiger partial charge in [0.15, 0.2) is 0 Å². The van der Waals surface area contributed by atoms with E-state index in [4.69, 9.17) is 9.47 Å². The highest BCUT2D eigenvalue weighted by Crippen LogP contribution is 2.22. The van der Waals surface area contributed by atoms with Crippen molar-refractivity contribution in [3.05, 3.63) is 34.0 Å². The Balaban J connectivity index is 1.46. The van der Waals surface area contributed by atoms with Crippen LogP contribution in [0.15, 0.2) is 17.6 Å². The average Bonchev–Trinajstić information content (AvgIpc) is 3.24. The molecule has 0 radical (unpaired) electrons. The second-order valence-corrected chi connectivity index (χ2v) is 7.96. The fraction of sp³-hybridized carbons (Fsp3) is 0.611. The largest absolute Gasteiger partial charge is 0.381 e. The fourth-order valence-corrected chi connectivity index (χ4v) is 4.17. The van der Waals surface area contributed by atoms with Crippen molar-refractivity contribution in [2.75, 3.05) is 19.8 Å². The van der Waals surface area contributed by atoms with E-state index in [0.29, 0.717) is 39.5 Å². The first kappa shape index (κ1) is 17.6. The zero-order valence-corrected chi connectivity index (χ0v) is 15.8. The number of fused-ring (bicyclic) bond motifs is 1. The number of hydrogen-bond acceptors (Lipinski definition) is 6. The topological polar surface area (TPSA) is 69.5 Å². The van der Waals surface area contributed by atoms with Gasteiger partial charge in [-0.3, -0.25) is 9.48 Å². The van der Waals surface area contributed by atoms with Crippen LogP contribution in [-0.2, 0) is 34.0 Å². The van der Waals surface area contributed by atoms with E-state index in [0.717, 1.165) is 29.2 Å². The summed E-state index contributed by atoms with van der Waals surface area (Å²) in [6, 6.07) is 1.98. The van der Waals surface area contributed by atoms with E-state index < -0.39 is 0 Å². The van der Waals surface area contributed by atoms with Crippen LogP contribution in [0.3, 0.4) is 0 Å². The second-order valence-electron chi connectivity index (χ2n) is 6.90. The number of hydrogen-bond donors (Lipinski definition) is 0. The van der Waals surface area contributed by atoms with Gasteiger partial charge >= 0.3 is 0 Å². The van der Waals surface area contributed by atoms with E-state index in [1.165, 1.54) is 0 Å². The number of thiazole rings is 1. The van der Waals surface area contributed by atoms with Crippen LogP contribution in [0, 0.1) is 12.8 Å². The summed E-state index contributed by atoms with van der Waals surface area (Å²) in [7, 11) is 0. The third-order valence-corrected chi connectivity index (χ3v) is 5.80. The highest BCUT2D eigenvalue weighted by atomic mass is 32.1. The molecular formula is C18H24N4O3S. The quantitative estimate of drug-likeness (QED) is 0.816. The van der Waals surface area contributed by atoms with E-state index in [2.05, 4.69) is 10.1 Å². The molecule has 140 valence electrons. The van der Waals surface area contributed by atoms with Crippen LogP contribution in [-0.4, -0.2) is 51.4 Å². The van der Waals surface area contributed by atoms with Crippen molar-refractivity contribution in [1.82, 2.24) is 19.7 Å². The number of nitrogens with zero attached hydrogens (tertiary/aromatic N) is 4. The SMILES string of the molecule is Cc1nc(CO[C@H]2CN(C(=O)C3CCOCC3)Cc3ccnn3C2)cs1. The van der Waals surface area contributed by atoms with Crippen LogP contribution < -0.4 is 0 Å². The van der Waals surface area contributed by atoms with E-state index in [-0.39, 0.29) is 17.9 Å². The molecule has 0 bridgehead atoms. The third kappa shape index (κ3) is 3.97. The van der Waals surface area contributed by atoms with Gasteiger partial charge in [0.05, 0.1) is 42.2 Å². The third-order valence-electron chi connectivity index (χ3n) is 4.97. The molecule has 1 amide bonds. The van der Waals surface area contributed by atoms with Gasteiger partial charge in [-0.1, -0.05) is 0 Å². The van der Waals surface area contributed by atoms with Crippen molar-refractivity contribution in [2.45, 2.75) is 45.6 Å². The van der Waals surface area contributed by atoms with Gasteiger partial charge in [0, 0.05) is 37.3 Å². The Bertz CT molecular complexity index is 753. The predicted octanol–water partition coefficient (Wildman–Crippen LogP) is 2.00. The minimum atomic E-state index is -0.0954. The van der Waals surface area contributed by atoms with E-state index >= 15 is 0 Å². The molecule has 1 atom stereocenters. The lowest BCUT2D eigenvalue weighted by atomic mass is 9.98. The number of carbonyl (C=O) groups is 1. The van der Waals surface area contributed by atoms with Crippen molar-refractivity contribution < 1.29 is 14.3 Å². The van der Waals surface area contributed by atoms with Crippen molar-refractivity contribution >= 4 is 17.2 Å². The molecule has 2 aromatic rings. The molecule has 0 aromatic carbocycles. The molecular weight excluding hydrogens is 352 g/mol. The first-order valence-electron chi connectivity index (χ1n) is 9.09. The number of amides is 1. The van der Waals surface area contributed by atoms with Crippen LogP contribution in [0.1, 0.15) is 29.2 Å². The first-order valence-corrected chi connectivity index (χ1v) is 9.97. The molecule has 0 N–H and O–H groups in total. The Morgan fingerprint density at radius 3 is 3.00 bits per heavy atom. The highest BCUT2D eigenvalue weighted by Gasteiger charge is 2.31. The summed E-state index contributed by atoms with van der Waals surface area (Å²) in [6.07, 6.45) is 3.30. The van der Waals surface area contributed by atoms with Crippen molar-refractivity contribution in [1.29, 1.82) is 0 Å². The molecule has 8 heteroatoms. The Labute approximate surface area is 156 Å². The Morgan fingerprint density at radius 2 is 2.23 bits per heavy atom. The minimum Gasteiger partial charge on any atom is -0.381 e. The maximum absolute atomic E-state index is 13.0. The van der Waals surface area contributed by atoms with E-state index in [1.807, 2.05) is 28.0 Å². The summed E-state index contributed by atoms with van der Waals surface area (Å²) < 4.78 is 13.5. The number of aryl methyl sites for hydroxylation is 1. The molecule has 2 aliphatic rings. The van der Waals surface area contributed by atoms with Crippen LogP contribution in [0.2, 0.25) is 0 Å². The monoisotopic (exact) mass is 376 g/mol. The van der Waals surface area contributed by atoms with Crippen molar-refractivity contribution in [3.63, 3.8) is 0 Å². The molecule has 2 aliphatic heterocycles. The van der Waals surface area contributed by atoms with Gasteiger partial charge in [-0.05, 0) is 25.8 Å². The maximum Gasteiger partial charge on any atom is 0.226 e. The molecule has 4 heterocycles. The van der Waals surface area contributed by atoms with E-state index in [9.17, 15) is 4.79 Å². The molecule has 26 heavy (non-hydrogen) atoms. The zero-order valence-electron chi connectivity index (χ0n) is 15.0. The van der Waals surface area contributed by atoms with Crippen molar-refractivity contribution in [2.24, 2.45) is 5.92 Å². The molecule has 0 unspecified atom stereocenters. The van der Waals surface area contributed by atoms with Gasteiger partial charge in [0.2, 0.25) is 5.91 Å². The van der Waals surface area contributed by atoms with Crippen LogP contribution in [0.25, 0.3) is 0 Å². The van der Waals surface area contributed by atoms with E-state index in [1.54, 1.807) is 17.5 Å². The minimum absolute atomic E-state index is 0.0556. The summed E-state index contributed by atoms with van der Waals surface area (Å²) in [6.45, 7) is 5.63. The summed E-state index contributed by atoms with van der Waals surface area (Å²) in [5, 5.41) is 7.46. The van der Waals surface area contributed by atoms with Gasteiger partial charge in [-0.15, -0.1) is 11.3 Å². The fourth-order valence-electron chi connectivity index (χ4n) is 3.57. The molecule has 0 aliphatic carbocycles. The lowest BCUT2D eigenvalue weighted by molar-refractivity contribution is -0.141. The zero-order chi connectivity index (χ0) is 17.9. The van der Waals surface area contributed by atoms with Crippen LogP contribution in [0.5, 0.6) is 0 Å². The molecule has 0 spiro atoms. The summed E-state index contributed by atoms with van der Waals surface area (Å²) in [5.41, 5.74) is 2.00. The Hall–Kier alpha value is -1.77. The molecule has 4 rings (SSSR count). The van der Waals surface area contributed by atoms with Gasteiger partial charge < -0.3 is 14.4 Å². The molecule has 1 saturated heterocycles. The Morgan fingerprint density at radius 1 is 1.38 bits per heavy atom. The maximum atomic E-state index is 13.0. The lowest BCUT2D eigenvalue weighted by Crippen LogP contribution is -2.42. The number of carbonyl (C=O) groups excluding carboxylic acids is 1. The van der Waals surface area contributed by atoms with Gasteiger partial charge in [-0.2, -0.15) is 5.10 Å². The van der Waals surface area contributed by atoms with Gasteiger partial charge in [-0.25, -0.2) is 4.98 Å². The molecule has 0 saturated carbocycles. The van der Waals surface area contributed by atoms with Crippen LogP contribution >= 0.6 is 11.3 Å². The van der Waals surface area contributed by atoms with Crippen molar-refractivity contribution in [3.8, 4) is 0 Å². The first-order chi connectivity index (χ1) is 12.7. The van der Waals surface area contributed by atoms with Gasteiger partial charge in [0.1, 0.15) is 0 Å². The number of aromatic nitrogens is 3. The smallest absolute Gasteiger partial charge is 0.226 e. The lowest BCUT2D eigenvalue weighted by Gasteiger charge is -2.30. The second kappa shape index (κ2) is 7.85. The number of rotatable bonds is 4. The summed E-state index contributed by atoms with van der Waals surface area (Å²) in [5.74, 6) is 0.265. The average molecular weight is 376 g/mol. The highest BCUT2D eigenvalue weighted by molar-refractivity contribution is 7.09. The van der Waals surface area contributed by atoms with Gasteiger partial charge in [0.25, 0.3) is 0 Å². The summed E-state index contributed by atoms with van der Waals surface area (Å²) in [4.78, 5) is 19.4. The predicted molar refractivity (Wildman–Crippen MR) is 96.6 cm³/mol. The normalized spacial score (nSPS) is 21.4. The molecule has 1 fully saturated rings. The number of ether oxygens (including phenoxy) is 2. The Kier molecular flexibility index (Phi) is 5.33. The molecule has 2 aromatic heterocycles. The van der Waals surface area contributed by atoms with Crippen LogP contribution in [0.4, 0.5) is 0 Å².